The van der Waals surface area contributed by atoms with Crippen LogP contribution >= 0.6 is 0 Å². The van der Waals surface area contributed by atoms with Gasteiger partial charge < -0.3 is 69.5 Å². The van der Waals surface area contributed by atoms with E-state index in [4.69, 9.17) is 9.47 Å². The summed E-state index contributed by atoms with van der Waals surface area (Å²) < 4.78 is 127. The Labute approximate surface area is 633 Å². The zero-order valence-corrected chi connectivity index (χ0v) is 64.8. The molecule has 2 bridgehead atoms. The molecule has 1 spiro atoms. The average molecular weight is 1560 g/mol. The van der Waals surface area contributed by atoms with Gasteiger partial charge in [0.15, 0.2) is 0 Å². The summed E-state index contributed by atoms with van der Waals surface area (Å²) in [5.74, 6) is -17.1. The Morgan fingerprint density at radius 1 is 0.624 bits per heavy atom. The van der Waals surface area contributed by atoms with Crippen molar-refractivity contribution >= 4 is 70.9 Å². The molecule has 5 saturated carbocycles. The maximum Gasteiger partial charge on any atom is 0.397 e. The predicted molar refractivity (Wildman–Crippen MR) is 381 cm³/mol. The van der Waals surface area contributed by atoms with Gasteiger partial charge in [-0.15, -0.1) is 0 Å². The van der Waals surface area contributed by atoms with Gasteiger partial charge in [0.25, 0.3) is 0 Å². The molecular weight excluding hydrogens is 1440 g/mol. The standard InChI is InChI=1S/C75H114F8N12O14/c1-12-43(3)62-70(105)89(7)41-60(98)90(8)53-22-15-14-18-33-94(69(53)104)56(36-44-23-26-47(27-24-44)74(78,79)80)68(103)88(6)40-58(96)84-52(30-25-45-34-50(76)61(51(77)35-45)75(81,82)83)66(101)95-39-49(108-13-2)37-54(95)65(100)86-73(31-19-32-73)72(107)93(11)63(46-20-16-17-21-46)71(106)92(10)55(67(102)87(4)5)38-59(97)91(9)57(64(99)85-62)42-109-48-28-29-48/h14-15,43-57,61-63H,12-13,16-42H2,1-11H3,(H,84,96)(H,85,99)(H,86,100)/b15-14-/t43-,44?,45?,47?,49+,50?,51?,52-,53-,54-,55-,56-,57-,61?,62-,63-/m0/s1. The van der Waals surface area contributed by atoms with Crippen LogP contribution in [-0.2, 0) is 67.0 Å². The van der Waals surface area contributed by atoms with Gasteiger partial charge in [0.2, 0.25) is 70.9 Å². The fourth-order valence-corrected chi connectivity index (χ4v) is 16.9. The molecule has 0 aromatic carbocycles. The van der Waals surface area contributed by atoms with Gasteiger partial charge in [0.1, 0.15) is 72.1 Å². The van der Waals surface area contributed by atoms with Gasteiger partial charge in [0, 0.05) is 82.5 Å². The highest BCUT2D eigenvalue weighted by Gasteiger charge is 2.56. The van der Waals surface area contributed by atoms with E-state index in [0.717, 1.165) is 29.4 Å². The van der Waals surface area contributed by atoms with Gasteiger partial charge >= 0.3 is 12.4 Å². The van der Waals surface area contributed by atoms with Crippen LogP contribution in [0.1, 0.15) is 168 Å². The lowest BCUT2D eigenvalue weighted by atomic mass is 9.74. The summed E-state index contributed by atoms with van der Waals surface area (Å²) in [5.41, 5.74) is -1.70. The van der Waals surface area contributed by atoms with E-state index in [9.17, 15) is 55.1 Å². The van der Waals surface area contributed by atoms with E-state index < -0.39 is 230 Å². The van der Waals surface area contributed by atoms with Crippen LogP contribution in [0.5, 0.6) is 0 Å². The van der Waals surface area contributed by atoms with Gasteiger partial charge in [-0.25, -0.2) is 8.78 Å². The highest BCUT2D eigenvalue weighted by molar-refractivity contribution is 6.01. The van der Waals surface area contributed by atoms with Gasteiger partial charge in [-0.3, -0.25) is 57.5 Å². The number of likely N-dealkylation sites (N-methyl/N-ethyl adjacent to an activating group) is 7. The first-order chi connectivity index (χ1) is 51.2. The van der Waals surface area contributed by atoms with Crippen LogP contribution in [0.2, 0.25) is 0 Å². The molecule has 2 unspecified atom stereocenters. The number of amides is 12. The number of carbonyl (C=O) groups excluding carboxylic acids is 12. The fraction of sp³-hybridized carbons (Fsp3) is 0.813. The molecule has 3 N–H and O–H groups in total. The third-order valence-electron chi connectivity index (χ3n) is 24.2. The SMILES string of the molecule is CCO[C@@H]1C[C@H]2C(=O)NC3(CCC3)C(=O)N(C)[C@@H](C3CCCC3)C(=O)N(C)[C@H](C(=O)N(C)C)CC(=O)N(C)[C@@H](COC3CC3)C(=O)N[C@@H]([C@@H](C)CC)C(=O)N(C)CC(=O)N(C)[C@H]3C/C=C\CCN(C3=O)[C@@H](CC3CCC(C(F)(F)F)CC3)C(=O)N(C)CC(=O)N[C@@H](CCC3CC(F)C(C(F)(F)F)C(F)C3)C(=O)N2C1. The van der Waals surface area contributed by atoms with Crippen molar-refractivity contribution in [3.05, 3.63) is 12.2 Å². The van der Waals surface area contributed by atoms with Crippen molar-refractivity contribution in [1.82, 2.24) is 60.0 Å². The van der Waals surface area contributed by atoms with Crippen molar-refractivity contribution in [2.45, 2.75) is 259 Å². The Kier molecular flexibility index (Phi) is 29.9. The topological polar surface area (TPSA) is 289 Å². The number of fused-ring (bicyclic) bond motifs is 3. The number of rotatable bonds is 14. The molecule has 8 aliphatic rings. The number of halogens is 8. The van der Waals surface area contributed by atoms with Gasteiger partial charge in [-0.2, -0.15) is 26.3 Å². The molecule has 0 radical (unpaired) electrons. The second-order valence-electron chi connectivity index (χ2n) is 32.1. The Bertz CT molecular complexity index is 3280. The van der Waals surface area contributed by atoms with Crippen LogP contribution in [0.15, 0.2) is 12.2 Å². The van der Waals surface area contributed by atoms with Crippen LogP contribution < -0.4 is 16.0 Å². The largest absolute Gasteiger partial charge is 0.397 e. The lowest BCUT2D eigenvalue weighted by Gasteiger charge is -2.46. The highest BCUT2D eigenvalue weighted by Crippen LogP contribution is 2.46. The van der Waals surface area contributed by atoms with Crippen molar-refractivity contribution < 1.29 is 102 Å². The van der Waals surface area contributed by atoms with E-state index >= 15 is 37.5 Å². The molecule has 5 aliphatic carbocycles. The van der Waals surface area contributed by atoms with Gasteiger partial charge in [-0.05, 0) is 146 Å². The smallest absolute Gasteiger partial charge is 0.377 e. The average Bonchev–Trinajstić information content (AvgIpc) is 1.66. The van der Waals surface area contributed by atoms with Crippen molar-refractivity contribution in [3.63, 3.8) is 0 Å². The molecule has 2 saturated heterocycles. The van der Waals surface area contributed by atoms with Crippen molar-refractivity contribution in [2.24, 2.45) is 35.5 Å². The molecule has 26 nitrogen and oxygen atoms in total. The van der Waals surface area contributed by atoms with E-state index in [1.54, 1.807) is 32.9 Å². The summed E-state index contributed by atoms with van der Waals surface area (Å²) in [6, 6.07) is -11.7. The van der Waals surface area contributed by atoms with Crippen molar-refractivity contribution in [1.29, 1.82) is 0 Å². The maximum atomic E-state index is 15.5. The minimum absolute atomic E-state index is 0.00853. The Morgan fingerprint density at radius 2 is 1.26 bits per heavy atom. The molecule has 34 heteroatoms. The lowest BCUT2D eigenvalue weighted by molar-refractivity contribution is -0.219. The molecule has 614 valence electrons. The quantitative estimate of drug-likeness (QED) is 0.143. The zero-order chi connectivity index (χ0) is 80.5. The van der Waals surface area contributed by atoms with E-state index in [0.29, 0.717) is 51.4 Å². The number of carbonyl (C=O) groups is 12. The van der Waals surface area contributed by atoms with E-state index in [-0.39, 0.29) is 103 Å². The van der Waals surface area contributed by atoms with Crippen LogP contribution in [0.25, 0.3) is 0 Å². The molecule has 109 heavy (non-hydrogen) atoms. The molecule has 3 aliphatic heterocycles. The molecule has 8 rings (SSSR count). The summed E-state index contributed by atoms with van der Waals surface area (Å²) in [7, 11) is 10.8. The number of hydrogen-bond donors (Lipinski definition) is 3. The molecular formula is C75H114F8N12O14. The maximum absolute atomic E-state index is 15.5. The van der Waals surface area contributed by atoms with Crippen LogP contribution in [0.3, 0.4) is 0 Å². The normalized spacial score (nSPS) is 32.4. The first kappa shape index (κ1) is 87.3. The lowest BCUT2D eigenvalue weighted by Crippen LogP contribution is -2.68. The highest BCUT2D eigenvalue weighted by atomic mass is 19.4. The van der Waals surface area contributed by atoms with Crippen LogP contribution in [0, 0.1) is 35.5 Å². The minimum atomic E-state index is -5.22. The third-order valence-corrected chi connectivity index (χ3v) is 24.2. The van der Waals surface area contributed by atoms with Gasteiger partial charge in [-0.1, -0.05) is 45.3 Å². The number of alkyl halides is 8. The fourth-order valence-electron chi connectivity index (χ4n) is 16.9. The summed E-state index contributed by atoms with van der Waals surface area (Å²) in [4.78, 5) is 191. The third kappa shape index (κ3) is 21.3. The monoisotopic (exact) mass is 1560 g/mol. The molecule has 12 atom stereocenters. The van der Waals surface area contributed by atoms with E-state index in [1.807, 2.05) is 0 Å². The van der Waals surface area contributed by atoms with Gasteiger partial charge in [0.05, 0.1) is 44.2 Å². The molecule has 0 aromatic rings. The number of ether oxygens (including phenoxy) is 2. The predicted octanol–water partition coefficient (Wildman–Crippen LogP) is 5.48. The van der Waals surface area contributed by atoms with E-state index in [2.05, 4.69) is 16.0 Å². The minimum Gasteiger partial charge on any atom is -0.377 e. The Morgan fingerprint density at radius 3 is 1.83 bits per heavy atom. The summed E-state index contributed by atoms with van der Waals surface area (Å²) >= 11 is 0. The second-order valence-corrected chi connectivity index (χ2v) is 32.1. The number of nitrogens with zero attached hydrogens (tertiary/aromatic N) is 9. The molecule has 0 aromatic heterocycles. The van der Waals surface area contributed by atoms with E-state index in [1.165, 1.54) is 71.1 Å². The van der Waals surface area contributed by atoms with Crippen molar-refractivity contribution in [2.75, 3.05) is 95.8 Å². The second kappa shape index (κ2) is 37.4. The number of hydrogen-bond acceptors (Lipinski definition) is 14. The number of nitrogens with one attached hydrogen (secondary N) is 3. The zero-order valence-electron chi connectivity index (χ0n) is 64.8. The van der Waals surface area contributed by atoms with Crippen LogP contribution in [0.4, 0.5) is 35.1 Å². The Hall–Kier alpha value is -7.26. The first-order valence-corrected chi connectivity index (χ1v) is 38.8. The summed E-state index contributed by atoms with van der Waals surface area (Å²) in [6.07, 6.45) is -12.4. The molecule has 7 fully saturated rings. The summed E-state index contributed by atoms with van der Waals surface area (Å²) in [6.45, 7) is 2.82. The Balaban J connectivity index is 1.20. The van der Waals surface area contributed by atoms with Crippen molar-refractivity contribution in [3.8, 4) is 0 Å². The first-order valence-electron chi connectivity index (χ1n) is 38.8. The molecule has 3 heterocycles. The molecule has 12 amide bonds. The summed E-state index contributed by atoms with van der Waals surface area (Å²) in [5, 5.41) is 8.36. The van der Waals surface area contributed by atoms with Crippen LogP contribution in [-0.4, -0.2) is 302 Å².